The minimum absolute atomic E-state index is 0.0228. The average molecular weight is 426 g/mol. The van der Waals surface area contributed by atoms with Gasteiger partial charge in [0.2, 0.25) is 5.88 Å². The van der Waals surface area contributed by atoms with Crippen molar-refractivity contribution in [1.82, 2.24) is 4.57 Å². The van der Waals surface area contributed by atoms with Gasteiger partial charge < -0.3 is 9.84 Å². The zero-order chi connectivity index (χ0) is 20.5. The topological polar surface area (TPSA) is 63.8 Å². The lowest BCUT2D eigenvalue weighted by Crippen LogP contribution is -2.14. The number of methoxy groups -OCH3 is 1. The number of halogens is 1. The first-order valence-electron chi connectivity index (χ1n) is 8.63. The fraction of sp³-hybridized carbons (Fsp3) is 0.0952. The van der Waals surface area contributed by atoms with Gasteiger partial charge in [0.1, 0.15) is 5.82 Å². The van der Waals surface area contributed by atoms with E-state index in [1.54, 1.807) is 10.6 Å². The van der Waals surface area contributed by atoms with Crippen molar-refractivity contribution < 1.29 is 19.0 Å². The molecule has 2 aromatic carbocycles. The second kappa shape index (κ2) is 7.73. The van der Waals surface area contributed by atoms with Crippen LogP contribution in [0.1, 0.15) is 16.0 Å². The van der Waals surface area contributed by atoms with Crippen LogP contribution in [0.2, 0.25) is 0 Å². The number of carbonyl (C=O) groups is 1. The smallest absolute Gasteiger partial charge is 0.357 e. The van der Waals surface area contributed by atoms with Crippen LogP contribution in [0.4, 0.5) is 10.1 Å². The highest BCUT2D eigenvalue weighted by atomic mass is 32.1. The molecule has 8 heteroatoms. The second-order valence-corrected chi connectivity index (χ2v) is 7.97. The lowest BCUT2D eigenvalue weighted by Gasteiger charge is -2.06. The van der Waals surface area contributed by atoms with E-state index in [2.05, 4.69) is 4.99 Å². The number of hydrogen-bond acceptors (Lipinski definition) is 6. The first kappa shape index (κ1) is 19.2. The fourth-order valence-corrected chi connectivity index (χ4v) is 4.32. The Bertz CT molecular complexity index is 1230. The molecule has 1 N–H and O–H groups in total. The molecule has 3 aromatic rings. The number of fused-ring (bicyclic) bond motifs is 1. The number of aliphatic imine (C=N–C) groups is 1. The molecule has 2 heterocycles. The SMILES string of the molecule is COC(=O)C1=Nc2ccc(F)cc2/C1=C/c1sc(=S)n(Cc2ccccc2)c1O. The number of aromatic nitrogens is 1. The van der Waals surface area contributed by atoms with E-state index in [0.29, 0.717) is 32.2 Å². The van der Waals surface area contributed by atoms with E-state index in [4.69, 9.17) is 17.0 Å². The molecule has 0 fully saturated rings. The van der Waals surface area contributed by atoms with Gasteiger partial charge in [-0.05, 0) is 42.1 Å². The summed E-state index contributed by atoms with van der Waals surface area (Å²) in [6.07, 6.45) is 1.60. The van der Waals surface area contributed by atoms with Gasteiger partial charge >= 0.3 is 5.97 Å². The van der Waals surface area contributed by atoms with Crippen LogP contribution in [0.3, 0.4) is 0 Å². The van der Waals surface area contributed by atoms with Gasteiger partial charge in [0.15, 0.2) is 9.67 Å². The third-order valence-corrected chi connectivity index (χ3v) is 5.85. The number of ether oxygens (including phenoxy) is 1. The molecular weight excluding hydrogens is 411 g/mol. The molecule has 146 valence electrons. The van der Waals surface area contributed by atoms with Crippen molar-refractivity contribution in [3.63, 3.8) is 0 Å². The summed E-state index contributed by atoms with van der Waals surface area (Å²) < 4.78 is 20.7. The summed E-state index contributed by atoms with van der Waals surface area (Å²) in [5.41, 5.74) is 2.34. The minimum atomic E-state index is -0.639. The van der Waals surface area contributed by atoms with Crippen molar-refractivity contribution in [1.29, 1.82) is 0 Å². The number of hydrogen-bond donors (Lipinski definition) is 1. The minimum Gasteiger partial charge on any atom is -0.493 e. The maximum absolute atomic E-state index is 13.8. The lowest BCUT2D eigenvalue weighted by molar-refractivity contribution is -0.132. The lowest BCUT2D eigenvalue weighted by atomic mass is 10.0. The van der Waals surface area contributed by atoms with Crippen LogP contribution in [0.15, 0.2) is 53.5 Å². The Morgan fingerprint density at radius 1 is 1.31 bits per heavy atom. The van der Waals surface area contributed by atoms with Crippen LogP contribution < -0.4 is 0 Å². The number of aromatic hydroxyl groups is 1. The number of thiazole rings is 1. The Hall–Kier alpha value is -3.10. The molecule has 0 radical (unpaired) electrons. The van der Waals surface area contributed by atoms with Gasteiger partial charge in [-0.15, -0.1) is 11.3 Å². The summed E-state index contributed by atoms with van der Waals surface area (Å²) in [5, 5.41) is 10.7. The fourth-order valence-electron chi connectivity index (χ4n) is 3.07. The van der Waals surface area contributed by atoms with Crippen molar-refractivity contribution >= 4 is 52.6 Å². The summed E-state index contributed by atoms with van der Waals surface area (Å²) >= 11 is 6.61. The standard InChI is InChI=1S/C21H15FN2O3S2/c1-27-20(26)18-15(14-9-13(22)7-8-16(14)23-18)10-17-19(25)24(21(28)29-17)11-12-5-3-2-4-6-12/h2-10,25H,11H2,1H3/b15-10-. The molecule has 1 aliphatic rings. The molecule has 29 heavy (non-hydrogen) atoms. The highest BCUT2D eigenvalue weighted by molar-refractivity contribution is 7.73. The molecule has 4 rings (SSSR count). The summed E-state index contributed by atoms with van der Waals surface area (Å²) in [4.78, 5) is 16.9. The zero-order valence-corrected chi connectivity index (χ0v) is 16.9. The zero-order valence-electron chi connectivity index (χ0n) is 15.3. The Balaban J connectivity index is 1.80. The van der Waals surface area contributed by atoms with Gasteiger partial charge in [0.25, 0.3) is 0 Å². The molecular formula is C21H15FN2O3S2. The van der Waals surface area contributed by atoms with Crippen LogP contribution in [-0.2, 0) is 16.1 Å². The number of carbonyl (C=O) groups excluding carboxylic acids is 1. The largest absolute Gasteiger partial charge is 0.493 e. The van der Waals surface area contributed by atoms with E-state index in [-0.39, 0.29) is 11.6 Å². The molecule has 1 aliphatic heterocycles. The van der Waals surface area contributed by atoms with E-state index in [9.17, 15) is 14.3 Å². The molecule has 0 atom stereocenters. The summed E-state index contributed by atoms with van der Waals surface area (Å²) in [6.45, 7) is 0.411. The van der Waals surface area contributed by atoms with E-state index in [1.165, 1.54) is 36.6 Å². The number of rotatable bonds is 4. The molecule has 0 bridgehead atoms. The van der Waals surface area contributed by atoms with E-state index >= 15 is 0 Å². The van der Waals surface area contributed by atoms with Gasteiger partial charge in [-0.2, -0.15) is 0 Å². The van der Waals surface area contributed by atoms with Crippen molar-refractivity contribution in [2.45, 2.75) is 6.54 Å². The summed E-state index contributed by atoms with van der Waals surface area (Å²) in [5.74, 6) is -1.11. The molecule has 0 spiro atoms. The van der Waals surface area contributed by atoms with E-state index < -0.39 is 11.8 Å². The molecule has 0 unspecified atom stereocenters. The Kier molecular flexibility index (Phi) is 5.12. The van der Waals surface area contributed by atoms with Crippen LogP contribution >= 0.6 is 23.6 Å². The van der Waals surface area contributed by atoms with Crippen LogP contribution in [-0.4, -0.2) is 28.5 Å². The summed E-state index contributed by atoms with van der Waals surface area (Å²) in [6, 6.07) is 13.7. The predicted molar refractivity (Wildman–Crippen MR) is 114 cm³/mol. The highest BCUT2D eigenvalue weighted by Crippen LogP contribution is 2.39. The van der Waals surface area contributed by atoms with Crippen molar-refractivity contribution in [3.05, 3.63) is 74.3 Å². The third kappa shape index (κ3) is 3.64. The average Bonchev–Trinajstić information content (AvgIpc) is 3.20. The maximum Gasteiger partial charge on any atom is 0.357 e. The van der Waals surface area contributed by atoms with Crippen molar-refractivity contribution in [2.24, 2.45) is 4.99 Å². The molecule has 0 amide bonds. The Morgan fingerprint density at radius 3 is 2.79 bits per heavy atom. The van der Waals surface area contributed by atoms with Crippen molar-refractivity contribution in [2.75, 3.05) is 7.11 Å². The molecule has 0 saturated heterocycles. The summed E-state index contributed by atoms with van der Waals surface area (Å²) in [7, 11) is 1.25. The first-order chi connectivity index (χ1) is 14.0. The monoisotopic (exact) mass is 426 g/mol. The normalized spacial score (nSPS) is 14.0. The maximum atomic E-state index is 13.8. The second-order valence-electron chi connectivity index (χ2n) is 6.30. The molecule has 1 aromatic heterocycles. The van der Waals surface area contributed by atoms with Gasteiger partial charge in [-0.1, -0.05) is 30.3 Å². The van der Waals surface area contributed by atoms with Gasteiger partial charge in [-0.25, -0.2) is 14.2 Å². The van der Waals surface area contributed by atoms with E-state index in [1.807, 2.05) is 30.3 Å². The number of nitrogens with zero attached hydrogens (tertiary/aromatic N) is 2. The molecule has 0 aliphatic carbocycles. The first-order valence-corrected chi connectivity index (χ1v) is 9.86. The number of benzene rings is 2. The Labute approximate surface area is 175 Å². The highest BCUT2D eigenvalue weighted by Gasteiger charge is 2.28. The van der Waals surface area contributed by atoms with Crippen LogP contribution in [0.5, 0.6) is 5.88 Å². The quantitative estimate of drug-likeness (QED) is 0.473. The Morgan fingerprint density at radius 2 is 2.07 bits per heavy atom. The van der Waals surface area contributed by atoms with Gasteiger partial charge in [-0.3, -0.25) is 4.57 Å². The van der Waals surface area contributed by atoms with Gasteiger partial charge in [0.05, 0.1) is 24.2 Å². The molecule has 0 saturated carbocycles. The van der Waals surface area contributed by atoms with Crippen LogP contribution in [0.25, 0.3) is 11.6 Å². The van der Waals surface area contributed by atoms with E-state index in [0.717, 1.165) is 5.56 Å². The van der Waals surface area contributed by atoms with Gasteiger partial charge in [0, 0.05) is 11.1 Å². The third-order valence-electron chi connectivity index (χ3n) is 4.47. The van der Waals surface area contributed by atoms with Crippen LogP contribution in [0, 0.1) is 9.77 Å². The molecule has 5 nitrogen and oxygen atoms in total. The number of esters is 1. The van der Waals surface area contributed by atoms with Crippen molar-refractivity contribution in [3.8, 4) is 5.88 Å². The predicted octanol–water partition coefficient (Wildman–Crippen LogP) is 4.97.